The molecule has 0 bridgehead atoms. The molecule has 0 saturated carbocycles. The van der Waals surface area contributed by atoms with Crippen molar-refractivity contribution in [1.29, 1.82) is 0 Å². The van der Waals surface area contributed by atoms with Crippen LogP contribution < -0.4 is 5.73 Å². The molecule has 0 atom stereocenters. The summed E-state index contributed by atoms with van der Waals surface area (Å²) in [5.74, 6) is -0.269. The number of thioether (sulfide) groups is 1. The Bertz CT molecular complexity index is 688. The third-order valence-electron chi connectivity index (χ3n) is 2.69. The van der Waals surface area contributed by atoms with Crippen molar-refractivity contribution in [2.24, 2.45) is 0 Å². The molecule has 1 heterocycles. The first-order valence-electron chi connectivity index (χ1n) is 6.15. The van der Waals surface area contributed by atoms with Crippen LogP contribution in [0.2, 0.25) is 10.0 Å². The molecule has 2 rings (SSSR count). The van der Waals surface area contributed by atoms with Crippen LogP contribution in [0.25, 0.3) is 5.69 Å². The molecule has 0 amide bonds. The zero-order valence-electron chi connectivity index (χ0n) is 11.1. The predicted molar refractivity (Wildman–Crippen MR) is 86.0 cm³/mol. The zero-order valence-corrected chi connectivity index (χ0v) is 13.5. The average molecular weight is 346 g/mol. The first-order chi connectivity index (χ1) is 9.95. The van der Waals surface area contributed by atoms with E-state index in [9.17, 15) is 9.90 Å². The van der Waals surface area contributed by atoms with Gasteiger partial charge in [-0.15, -0.1) is 11.8 Å². The number of anilines is 1. The molecule has 1 aromatic heterocycles. The Hall–Kier alpha value is -1.37. The number of rotatable bonds is 5. The van der Waals surface area contributed by atoms with Crippen molar-refractivity contribution in [3.63, 3.8) is 0 Å². The predicted octanol–water partition coefficient (Wildman–Crippen LogP) is 3.96. The van der Waals surface area contributed by atoms with Crippen LogP contribution in [0.1, 0.15) is 23.7 Å². The number of hydrogen-bond acceptors (Lipinski definition) is 4. The van der Waals surface area contributed by atoms with Gasteiger partial charge in [0.1, 0.15) is 16.4 Å². The van der Waals surface area contributed by atoms with Crippen molar-refractivity contribution in [2.75, 3.05) is 11.5 Å². The van der Waals surface area contributed by atoms with E-state index in [1.807, 2.05) is 6.92 Å². The lowest BCUT2D eigenvalue weighted by molar-refractivity contribution is 0.0694. The number of nitrogens with two attached hydrogens (primary N) is 1. The van der Waals surface area contributed by atoms with Gasteiger partial charge in [0.15, 0.2) is 0 Å². The summed E-state index contributed by atoms with van der Waals surface area (Å²) in [6.45, 7) is 2.01. The standard InChI is InChI=1S/C13H13Cl2N3O2S/c1-2-5-21-12-10(13(19)20)11(16)18(17-12)7-3-4-8(14)9(15)6-7/h3-4,6H,2,5,16H2,1H3,(H,19,20). The van der Waals surface area contributed by atoms with Crippen LogP contribution in [0.3, 0.4) is 0 Å². The molecule has 0 unspecified atom stereocenters. The average Bonchev–Trinajstić information content (AvgIpc) is 2.76. The van der Waals surface area contributed by atoms with Gasteiger partial charge in [-0.1, -0.05) is 30.1 Å². The largest absolute Gasteiger partial charge is 0.477 e. The summed E-state index contributed by atoms with van der Waals surface area (Å²) in [5, 5.41) is 14.7. The molecule has 0 spiro atoms. The van der Waals surface area contributed by atoms with Crippen molar-refractivity contribution in [2.45, 2.75) is 18.4 Å². The van der Waals surface area contributed by atoms with E-state index < -0.39 is 5.97 Å². The van der Waals surface area contributed by atoms with Gasteiger partial charge >= 0.3 is 5.97 Å². The highest BCUT2D eigenvalue weighted by atomic mass is 35.5. The van der Waals surface area contributed by atoms with Gasteiger partial charge in [-0.25, -0.2) is 9.48 Å². The van der Waals surface area contributed by atoms with Gasteiger partial charge in [-0.05, 0) is 30.4 Å². The number of hydrogen-bond donors (Lipinski definition) is 2. The maximum absolute atomic E-state index is 11.4. The first kappa shape index (κ1) is 16.0. The number of benzene rings is 1. The molecule has 5 nitrogen and oxygen atoms in total. The lowest BCUT2D eigenvalue weighted by atomic mass is 10.3. The maximum Gasteiger partial charge on any atom is 0.342 e. The summed E-state index contributed by atoms with van der Waals surface area (Å²) in [6, 6.07) is 4.88. The van der Waals surface area contributed by atoms with Gasteiger partial charge < -0.3 is 10.8 Å². The lowest BCUT2D eigenvalue weighted by Gasteiger charge is -2.05. The molecule has 0 aliphatic carbocycles. The molecular formula is C13H13Cl2N3O2S. The Balaban J connectivity index is 2.53. The van der Waals surface area contributed by atoms with Gasteiger partial charge in [0.05, 0.1) is 15.7 Å². The zero-order chi connectivity index (χ0) is 15.6. The number of halogens is 2. The van der Waals surface area contributed by atoms with Crippen LogP contribution in [-0.2, 0) is 0 Å². The first-order valence-corrected chi connectivity index (χ1v) is 7.89. The molecular weight excluding hydrogens is 333 g/mol. The molecule has 3 N–H and O–H groups in total. The Morgan fingerprint density at radius 3 is 2.71 bits per heavy atom. The molecule has 0 aliphatic rings. The molecule has 0 saturated heterocycles. The molecule has 1 aromatic carbocycles. The van der Waals surface area contributed by atoms with Crippen LogP contribution in [0.5, 0.6) is 0 Å². The Kier molecular flexibility index (Phi) is 5.03. The topological polar surface area (TPSA) is 81.1 Å². The van der Waals surface area contributed by atoms with Crippen molar-refractivity contribution < 1.29 is 9.90 Å². The monoisotopic (exact) mass is 345 g/mol. The lowest BCUT2D eigenvalue weighted by Crippen LogP contribution is -2.05. The molecule has 8 heteroatoms. The SMILES string of the molecule is CCCSc1nn(-c2ccc(Cl)c(Cl)c2)c(N)c1C(=O)O. The number of carboxylic acid groups (broad SMARTS) is 1. The number of carbonyl (C=O) groups is 1. The van der Waals surface area contributed by atoms with Crippen LogP contribution in [-0.4, -0.2) is 26.6 Å². The second-order valence-electron chi connectivity index (χ2n) is 4.23. The number of nitrogen functional groups attached to an aromatic ring is 1. The van der Waals surface area contributed by atoms with Crippen LogP contribution in [0, 0.1) is 0 Å². The van der Waals surface area contributed by atoms with E-state index in [2.05, 4.69) is 5.10 Å². The van der Waals surface area contributed by atoms with E-state index in [-0.39, 0.29) is 11.4 Å². The summed E-state index contributed by atoms with van der Waals surface area (Å²) < 4.78 is 1.36. The molecule has 0 aliphatic heterocycles. The smallest absolute Gasteiger partial charge is 0.342 e. The minimum Gasteiger partial charge on any atom is -0.477 e. The molecule has 112 valence electrons. The van der Waals surface area contributed by atoms with Crippen molar-refractivity contribution in [3.8, 4) is 5.69 Å². The third-order valence-corrected chi connectivity index (χ3v) is 4.60. The summed E-state index contributed by atoms with van der Waals surface area (Å²) in [7, 11) is 0. The number of nitrogens with zero attached hydrogens (tertiary/aromatic N) is 2. The van der Waals surface area contributed by atoms with E-state index in [0.29, 0.717) is 20.8 Å². The van der Waals surface area contributed by atoms with E-state index >= 15 is 0 Å². The van der Waals surface area contributed by atoms with E-state index in [4.69, 9.17) is 28.9 Å². The highest BCUT2D eigenvalue weighted by molar-refractivity contribution is 7.99. The highest BCUT2D eigenvalue weighted by Gasteiger charge is 2.22. The van der Waals surface area contributed by atoms with E-state index in [1.165, 1.54) is 16.4 Å². The Labute approximate surface area is 136 Å². The maximum atomic E-state index is 11.4. The molecule has 21 heavy (non-hydrogen) atoms. The second kappa shape index (κ2) is 6.60. The van der Waals surface area contributed by atoms with Gasteiger partial charge in [0.2, 0.25) is 0 Å². The summed E-state index contributed by atoms with van der Waals surface area (Å²) >= 11 is 13.2. The van der Waals surface area contributed by atoms with E-state index in [1.54, 1.807) is 18.2 Å². The summed E-state index contributed by atoms with van der Waals surface area (Å²) in [6.07, 6.45) is 0.906. The van der Waals surface area contributed by atoms with Crippen molar-refractivity contribution >= 4 is 46.8 Å². The van der Waals surface area contributed by atoms with Crippen LogP contribution in [0.15, 0.2) is 23.2 Å². The van der Waals surface area contributed by atoms with Gasteiger partial charge in [0.25, 0.3) is 0 Å². The fourth-order valence-corrected chi connectivity index (χ4v) is 2.89. The fourth-order valence-electron chi connectivity index (χ4n) is 1.72. The van der Waals surface area contributed by atoms with E-state index in [0.717, 1.165) is 12.2 Å². The van der Waals surface area contributed by atoms with Crippen LogP contribution >= 0.6 is 35.0 Å². The Morgan fingerprint density at radius 2 is 2.14 bits per heavy atom. The summed E-state index contributed by atoms with van der Waals surface area (Å²) in [5.41, 5.74) is 6.50. The minimum absolute atomic E-state index is 0.0134. The van der Waals surface area contributed by atoms with Gasteiger partial charge in [-0.2, -0.15) is 5.10 Å². The normalized spacial score (nSPS) is 10.8. The molecule has 2 aromatic rings. The van der Waals surface area contributed by atoms with Gasteiger partial charge in [0, 0.05) is 0 Å². The highest BCUT2D eigenvalue weighted by Crippen LogP contribution is 2.31. The third kappa shape index (κ3) is 3.28. The Morgan fingerprint density at radius 1 is 1.43 bits per heavy atom. The fraction of sp³-hybridized carbons (Fsp3) is 0.231. The van der Waals surface area contributed by atoms with Crippen molar-refractivity contribution in [1.82, 2.24) is 9.78 Å². The molecule has 0 radical (unpaired) electrons. The minimum atomic E-state index is -1.10. The summed E-state index contributed by atoms with van der Waals surface area (Å²) in [4.78, 5) is 11.4. The van der Waals surface area contributed by atoms with Gasteiger partial charge in [-0.3, -0.25) is 0 Å². The van der Waals surface area contributed by atoms with Crippen LogP contribution in [0.4, 0.5) is 5.82 Å². The molecule has 0 fully saturated rings. The number of aromatic carboxylic acids is 1. The number of carboxylic acids is 1. The van der Waals surface area contributed by atoms with Crippen molar-refractivity contribution in [3.05, 3.63) is 33.8 Å². The number of aromatic nitrogens is 2. The second-order valence-corrected chi connectivity index (χ2v) is 6.13. The quantitative estimate of drug-likeness (QED) is 0.801.